The minimum Gasteiger partial charge on any atom is -0.357 e. The van der Waals surface area contributed by atoms with E-state index < -0.39 is 0 Å². The van der Waals surface area contributed by atoms with E-state index in [0.717, 1.165) is 19.0 Å². The summed E-state index contributed by atoms with van der Waals surface area (Å²) in [4.78, 5) is 11.4. The SMILES string of the molecule is CCNC(=NCCc1nc(C)no1)N1CCC2(CCCC2)C1.I. The van der Waals surface area contributed by atoms with Crippen LogP contribution in [0.3, 0.4) is 0 Å². The zero-order chi connectivity index (χ0) is 15.4. The van der Waals surface area contributed by atoms with Crippen molar-refractivity contribution in [2.24, 2.45) is 10.4 Å². The van der Waals surface area contributed by atoms with Gasteiger partial charge in [-0.15, -0.1) is 24.0 Å². The highest BCUT2D eigenvalue weighted by molar-refractivity contribution is 14.0. The molecular weight excluding hydrogens is 405 g/mol. The fraction of sp³-hybridized carbons (Fsp3) is 0.812. The molecule has 2 heterocycles. The van der Waals surface area contributed by atoms with Crippen LogP contribution in [-0.2, 0) is 6.42 Å². The lowest BCUT2D eigenvalue weighted by Gasteiger charge is -2.25. The average molecular weight is 433 g/mol. The maximum Gasteiger partial charge on any atom is 0.228 e. The van der Waals surface area contributed by atoms with E-state index in [0.29, 0.717) is 30.1 Å². The largest absolute Gasteiger partial charge is 0.357 e. The third-order valence-electron chi connectivity index (χ3n) is 4.89. The molecule has 2 aliphatic rings. The van der Waals surface area contributed by atoms with Crippen LogP contribution >= 0.6 is 24.0 Å². The molecule has 1 aliphatic heterocycles. The standard InChI is InChI=1S/C16H27N5O.HI/c1-3-17-15(18-10-6-14-19-13(2)20-22-14)21-11-9-16(12-21)7-4-5-8-16;/h3-12H2,1-2H3,(H,17,18);1H. The summed E-state index contributed by atoms with van der Waals surface area (Å²) < 4.78 is 5.14. The van der Waals surface area contributed by atoms with Crippen molar-refractivity contribution >= 4 is 29.9 Å². The Bertz CT molecular complexity index is 524. The first-order valence-electron chi connectivity index (χ1n) is 8.53. The Morgan fingerprint density at radius 3 is 2.78 bits per heavy atom. The topological polar surface area (TPSA) is 66.5 Å². The van der Waals surface area contributed by atoms with E-state index in [1.165, 1.54) is 38.6 Å². The summed E-state index contributed by atoms with van der Waals surface area (Å²) >= 11 is 0. The van der Waals surface area contributed by atoms with Gasteiger partial charge in [0.15, 0.2) is 11.8 Å². The molecule has 1 saturated carbocycles. The van der Waals surface area contributed by atoms with E-state index >= 15 is 0 Å². The number of aliphatic imine (C=N–C) groups is 1. The van der Waals surface area contributed by atoms with Crippen LogP contribution in [0.25, 0.3) is 0 Å². The molecule has 3 rings (SSSR count). The van der Waals surface area contributed by atoms with Gasteiger partial charge in [0.1, 0.15) is 0 Å². The smallest absolute Gasteiger partial charge is 0.228 e. The predicted octanol–water partition coefficient (Wildman–Crippen LogP) is 2.77. The van der Waals surface area contributed by atoms with E-state index in [1.807, 2.05) is 6.92 Å². The molecule has 1 aromatic rings. The average Bonchev–Trinajstić information content (AvgIpc) is 3.22. The number of guanidine groups is 1. The van der Waals surface area contributed by atoms with Gasteiger partial charge < -0.3 is 14.7 Å². The van der Waals surface area contributed by atoms with Crippen LogP contribution < -0.4 is 5.32 Å². The van der Waals surface area contributed by atoms with Crippen LogP contribution in [0, 0.1) is 12.3 Å². The predicted molar refractivity (Wildman–Crippen MR) is 101 cm³/mol. The summed E-state index contributed by atoms with van der Waals surface area (Å²) in [6.45, 7) is 7.85. The zero-order valence-corrected chi connectivity index (χ0v) is 16.5. The van der Waals surface area contributed by atoms with Gasteiger partial charge in [-0.1, -0.05) is 18.0 Å². The minimum atomic E-state index is 0. The lowest BCUT2D eigenvalue weighted by atomic mass is 9.86. The molecule has 0 amide bonds. The Kier molecular flexibility index (Phi) is 6.67. The van der Waals surface area contributed by atoms with E-state index in [2.05, 4.69) is 27.3 Å². The second-order valence-electron chi connectivity index (χ2n) is 6.60. The molecule has 0 radical (unpaired) electrons. The quantitative estimate of drug-likeness (QED) is 0.450. The summed E-state index contributed by atoms with van der Waals surface area (Å²) in [5.41, 5.74) is 0.569. The third-order valence-corrected chi connectivity index (χ3v) is 4.89. The number of hydrogen-bond acceptors (Lipinski definition) is 4. The number of halogens is 1. The lowest BCUT2D eigenvalue weighted by Crippen LogP contribution is -2.41. The maximum absolute atomic E-state index is 5.14. The molecule has 23 heavy (non-hydrogen) atoms. The highest BCUT2D eigenvalue weighted by Crippen LogP contribution is 2.45. The second-order valence-corrected chi connectivity index (χ2v) is 6.60. The summed E-state index contributed by atoms with van der Waals surface area (Å²) in [5.74, 6) is 2.40. The molecule has 1 saturated heterocycles. The Labute approximate surface area is 155 Å². The van der Waals surface area contributed by atoms with Crippen molar-refractivity contribution in [1.29, 1.82) is 0 Å². The van der Waals surface area contributed by atoms with E-state index in [1.54, 1.807) is 0 Å². The fourth-order valence-corrected chi connectivity index (χ4v) is 3.77. The van der Waals surface area contributed by atoms with Crippen molar-refractivity contribution in [1.82, 2.24) is 20.4 Å². The number of aryl methyl sites for hydroxylation is 1. The monoisotopic (exact) mass is 433 g/mol. The number of hydrogen-bond donors (Lipinski definition) is 1. The fourth-order valence-electron chi connectivity index (χ4n) is 3.77. The van der Waals surface area contributed by atoms with Gasteiger partial charge in [0, 0.05) is 26.1 Å². The normalized spacial score (nSPS) is 20.1. The summed E-state index contributed by atoms with van der Waals surface area (Å²) in [6, 6.07) is 0. The molecule has 0 unspecified atom stereocenters. The van der Waals surface area contributed by atoms with Gasteiger partial charge in [0.2, 0.25) is 5.89 Å². The third kappa shape index (κ3) is 4.58. The first-order chi connectivity index (χ1) is 10.7. The van der Waals surface area contributed by atoms with E-state index in [-0.39, 0.29) is 24.0 Å². The Morgan fingerprint density at radius 1 is 1.35 bits per heavy atom. The molecule has 2 fully saturated rings. The van der Waals surface area contributed by atoms with Crippen LogP contribution in [0.1, 0.15) is 50.7 Å². The van der Waals surface area contributed by atoms with Crippen molar-refractivity contribution in [2.75, 3.05) is 26.2 Å². The molecule has 1 aliphatic carbocycles. The molecular formula is C16H28IN5O. The number of aromatic nitrogens is 2. The van der Waals surface area contributed by atoms with Crippen molar-refractivity contribution < 1.29 is 4.52 Å². The summed E-state index contributed by atoms with van der Waals surface area (Å²) in [7, 11) is 0. The van der Waals surface area contributed by atoms with Gasteiger partial charge in [0.25, 0.3) is 0 Å². The van der Waals surface area contributed by atoms with Crippen LogP contribution in [0.5, 0.6) is 0 Å². The van der Waals surface area contributed by atoms with Crippen LogP contribution in [-0.4, -0.2) is 47.2 Å². The van der Waals surface area contributed by atoms with Gasteiger partial charge >= 0.3 is 0 Å². The molecule has 1 aromatic heterocycles. The van der Waals surface area contributed by atoms with Gasteiger partial charge in [-0.25, -0.2) is 0 Å². The second kappa shape index (κ2) is 8.30. The Hall–Kier alpha value is -0.860. The highest BCUT2D eigenvalue weighted by atomic mass is 127. The number of likely N-dealkylation sites (tertiary alicyclic amines) is 1. The number of nitrogens with zero attached hydrogens (tertiary/aromatic N) is 4. The molecule has 1 N–H and O–H groups in total. The number of nitrogens with one attached hydrogen (secondary N) is 1. The molecule has 0 aromatic carbocycles. The van der Waals surface area contributed by atoms with Crippen molar-refractivity contribution in [3.8, 4) is 0 Å². The first-order valence-corrected chi connectivity index (χ1v) is 8.53. The molecule has 130 valence electrons. The minimum absolute atomic E-state index is 0. The zero-order valence-electron chi connectivity index (χ0n) is 14.2. The van der Waals surface area contributed by atoms with Crippen LogP contribution in [0.4, 0.5) is 0 Å². The van der Waals surface area contributed by atoms with E-state index in [9.17, 15) is 0 Å². The van der Waals surface area contributed by atoms with Crippen molar-refractivity contribution in [3.63, 3.8) is 0 Å². The summed E-state index contributed by atoms with van der Waals surface area (Å²) in [6.07, 6.45) is 7.61. The van der Waals surface area contributed by atoms with Gasteiger partial charge in [-0.3, -0.25) is 4.99 Å². The maximum atomic E-state index is 5.14. The first kappa shape index (κ1) is 18.5. The van der Waals surface area contributed by atoms with E-state index in [4.69, 9.17) is 9.52 Å². The molecule has 6 nitrogen and oxygen atoms in total. The van der Waals surface area contributed by atoms with Gasteiger partial charge in [0.05, 0.1) is 6.54 Å². The van der Waals surface area contributed by atoms with Gasteiger partial charge in [-0.2, -0.15) is 4.98 Å². The molecule has 0 bridgehead atoms. The Balaban J connectivity index is 0.00000192. The molecule has 7 heteroatoms. The molecule has 0 atom stereocenters. The lowest BCUT2D eigenvalue weighted by molar-refractivity contribution is 0.309. The van der Waals surface area contributed by atoms with Crippen LogP contribution in [0.2, 0.25) is 0 Å². The Morgan fingerprint density at radius 2 is 2.13 bits per heavy atom. The number of rotatable bonds is 4. The molecule has 1 spiro atoms. The summed E-state index contributed by atoms with van der Waals surface area (Å²) in [5, 5.41) is 7.25. The highest BCUT2D eigenvalue weighted by Gasteiger charge is 2.41. The van der Waals surface area contributed by atoms with Crippen LogP contribution in [0.15, 0.2) is 9.52 Å². The van der Waals surface area contributed by atoms with Crippen molar-refractivity contribution in [3.05, 3.63) is 11.7 Å². The van der Waals surface area contributed by atoms with Gasteiger partial charge in [-0.05, 0) is 38.5 Å². The van der Waals surface area contributed by atoms with Crippen molar-refractivity contribution in [2.45, 2.75) is 52.4 Å².